The Labute approximate surface area is 117 Å². The molecule has 2 nitrogen and oxygen atoms in total. The van der Waals surface area contributed by atoms with Crippen molar-refractivity contribution in [1.29, 1.82) is 0 Å². The molecule has 1 heterocycles. The number of ether oxygens (including phenoxy) is 1. The van der Waals surface area contributed by atoms with E-state index in [0.717, 1.165) is 18.4 Å². The number of carbonyl (C=O) groups is 1. The number of alkyl halides is 2. The zero-order chi connectivity index (χ0) is 14.2. The number of aryl methyl sites for hydroxylation is 1. The van der Waals surface area contributed by atoms with Gasteiger partial charge in [-0.25, -0.2) is 8.78 Å². The Balaban J connectivity index is 1.81. The molecule has 2 aliphatic rings. The van der Waals surface area contributed by atoms with Crippen LogP contribution in [0.2, 0.25) is 0 Å². The van der Waals surface area contributed by atoms with Gasteiger partial charge in [-0.15, -0.1) is 0 Å². The Morgan fingerprint density at radius 1 is 1.25 bits per heavy atom. The predicted molar refractivity (Wildman–Crippen MR) is 71.5 cm³/mol. The highest BCUT2D eigenvalue weighted by Gasteiger charge is 2.38. The standard InChI is InChI=1S/C16H18F2O2/c17-16(18)8-6-11(7-9-16)14(19)13-5-1-3-12-4-2-10-20-15(12)13/h1,3,5,11H,2,4,6-10H2. The third-order valence-electron chi connectivity index (χ3n) is 4.29. The van der Waals surface area contributed by atoms with Crippen LogP contribution in [0.4, 0.5) is 8.78 Å². The summed E-state index contributed by atoms with van der Waals surface area (Å²) < 4.78 is 32.0. The van der Waals surface area contributed by atoms with Crippen molar-refractivity contribution < 1.29 is 18.3 Å². The summed E-state index contributed by atoms with van der Waals surface area (Å²) in [5, 5.41) is 0. The topological polar surface area (TPSA) is 26.3 Å². The first-order valence-corrected chi connectivity index (χ1v) is 7.23. The van der Waals surface area contributed by atoms with Crippen LogP contribution in [0.5, 0.6) is 5.75 Å². The fourth-order valence-electron chi connectivity index (χ4n) is 3.11. The molecule has 0 bridgehead atoms. The van der Waals surface area contributed by atoms with E-state index in [2.05, 4.69) is 0 Å². The smallest absolute Gasteiger partial charge is 0.248 e. The number of halogens is 2. The Bertz CT molecular complexity index is 515. The average molecular weight is 280 g/mol. The largest absolute Gasteiger partial charge is 0.493 e. The molecule has 1 aliphatic heterocycles. The minimum Gasteiger partial charge on any atom is -0.493 e. The molecule has 1 aromatic rings. The second kappa shape index (κ2) is 5.15. The summed E-state index contributed by atoms with van der Waals surface area (Å²) in [4.78, 5) is 12.6. The van der Waals surface area contributed by atoms with Crippen LogP contribution in [0, 0.1) is 5.92 Å². The monoisotopic (exact) mass is 280 g/mol. The van der Waals surface area contributed by atoms with Crippen molar-refractivity contribution in [2.24, 2.45) is 5.92 Å². The predicted octanol–water partition coefficient (Wildman–Crippen LogP) is 4.02. The number of fused-ring (bicyclic) bond motifs is 1. The Kier molecular flexibility index (Phi) is 3.48. The van der Waals surface area contributed by atoms with E-state index in [4.69, 9.17) is 4.74 Å². The Morgan fingerprint density at radius 3 is 2.75 bits per heavy atom. The summed E-state index contributed by atoms with van der Waals surface area (Å²) in [5.74, 6) is -2.23. The summed E-state index contributed by atoms with van der Waals surface area (Å²) in [5.41, 5.74) is 1.64. The number of para-hydroxylation sites is 1. The average Bonchev–Trinajstić information content (AvgIpc) is 2.46. The highest BCUT2D eigenvalue weighted by Crippen LogP contribution is 2.39. The molecular formula is C16H18F2O2. The summed E-state index contributed by atoms with van der Waals surface area (Å²) in [6.07, 6.45) is 2.06. The maximum atomic E-state index is 13.2. The van der Waals surface area contributed by atoms with Crippen LogP contribution >= 0.6 is 0 Å². The van der Waals surface area contributed by atoms with Gasteiger partial charge in [-0.2, -0.15) is 0 Å². The number of ketones is 1. The van der Waals surface area contributed by atoms with Crippen molar-refractivity contribution in [3.05, 3.63) is 29.3 Å². The van der Waals surface area contributed by atoms with E-state index in [1.54, 1.807) is 6.07 Å². The van der Waals surface area contributed by atoms with Gasteiger partial charge in [0, 0.05) is 18.8 Å². The van der Waals surface area contributed by atoms with Gasteiger partial charge in [0.1, 0.15) is 5.75 Å². The number of Topliss-reactive ketones (excluding diaryl/α,β-unsaturated/α-hetero) is 1. The van der Waals surface area contributed by atoms with Crippen molar-refractivity contribution in [3.8, 4) is 5.75 Å². The van der Waals surface area contributed by atoms with Crippen molar-refractivity contribution in [2.45, 2.75) is 44.4 Å². The van der Waals surface area contributed by atoms with E-state index in [9.17, 15) is 13.6 Å². The van der Waals surface area contributed by atoms with Crippen molar-refractivity contribution in [2.75, 3.05) is 6.61 Å². The maximum absolute atomic E-state index is 13.2. The fourth-order valence-corrected chi connectivity index (χ4v) is 3.11. The van der Waals surface area contributed by atoms with Gasteiger partial charge in [-0.3, -0.25) is 4.79 Å². The molecule has 0 radical (unpaired) electrons. The number of hydrogen-bond acceptors (Lipinski definition) is 2. The van der Waals surface area contributed by atoms with Gasteiger partial charge in [-0.1, -0.05) is 12.1 Å². The first-order chi connectivity index (χ1) is 9.57. The molecule has 0 saturated heterocycles. The van der Waals surface area contributed by atoms with E-state index in [1.165, 1.54) is 0 Å². The maximum Gasteiger partial charge on any atom is 0.248 e. The molecule has 0 spiro atoms. The summed E-state index contributed by atoms with van der Waals surface area (Å²) >= 11 is 0. The molecule has 1 aliphatic carbocycles. The third-order valence-corrected chi connectivity index (χ3v) is 4.29. The normalized spacial score (nSPS) is 21.9. The lowest BCUT2D eigenvalue weighted by molar-refractivity contribution is -0.0424. The molecule has 0 aromatic heterocycles. The summed E-state index contributed by atoms with van der Waals surface area (Å²) in [6.45, 7) is 0.625. The van der Waals surface area contributed by atoms with Crippen LogP contribution in [0.3, 0.4) is 0 Å². The number of benzene rings is 1. The van der Waals surface area contributed by atoms with Crippen LogP contribution in [0.1, 0.15) is 48.0 Å². The first kappa shape index (κ1) is 13.5. The zero-order valence-corrected chi connectivity index (χ0v) is 11.3. The van der Waals surface area contributed by atoms with Crippen molar-refractivity contribution in [3.63, 3.8) is 0 Å². The third kappa shape index (κ3) is 2.56. The second-order valence-electron chi connectivity index (χ2n) is 5.74. The SMILES string of the molecule is O=C(c1cccc2c1OCCC2)C1CCC(F)(F)CC1. The van der Waals surface area contributed by atoms with Crippen LogP contribution < -0.4 is 4.74 Å². The van der Waals surface area contributed by atoms with Crippen LogP contribution in [-0.2, 0) is 6.42 Å². The van der Waals surface area contributed by atoms with E-state index < -0.39 is 5.92 Å². The number of rotatable bonds is 2. The van der Waals surface area contributed by atoms with E-state index in [-0.39, 0.29) is 37.4 Å². The van der Waals surface area contributed by atoms with E-state index >= 15 is 0 Å². The van der Waals surface area contributed by atoms with E-state index in [0.29, 0.717) is 17.9 Å². The van der Waals surface area contributed by atoms with Gasteiger partial charge in [0.2, 0.25) is 5.92 Å². The molecular weight excluding hydrogens is 262 g/mol. The molecule has 0 atom stereocenters. The molecule has 0 N–H and O–H groups in total. The highest BCUT2D eigenvalue weighted by molar-refractivity contribution is 6.00. The van der Waals surface area contributed by atoms with Crippen LogP contribution in [0.15, 0.2) is 18.2 Å². The number of hydrogen-bond donors (Lipinski definition) is 0. The van der Waals surface area contributed by atoms with Crippen molar-refractivity contribution in [1.82, 2.24) is 0 Å². The molecule has 0 amide bonds. The molecule has 4 heteroatoms. The zero-order valence-electron chi connectivity index (χ0n) is 11.3. The van der Waals surface area contributed by atoms with Crippen LogP contribution in [-0.4, -0.2) is 18.3 Å². The lowest BCUT2D eigenvalue weighted by Crippen LogP contribution is -2.29. The van der Waals surface area contributed by atoms with Crippen molar-refractivity contribution >= 4 is 5.78 Å². The van der Waals surface area contributed by atoms with Gasteiger partial charge in [0.25, 0.3) is 0 Å². The van der Waals surface area contributed by atoms with Gasteiger partial charge < -0.3 is 4.74 Å². The van der Waals surface area contributed by atoms with Gasteiger partial charge in [0.05, 0.1) is 12.2 Å². The Morgan fingerprint density at radius 2 is 2.00 bits per heavy atom. The van der Waals surface area contributed by atoms with Gasteiger partial charge >= 0.3 is 0 Å². The first-order valence-electron chi connectivity index (χ1n) is 7.23. The summed E-state index contributed by atoms with van der Waals surface area (Å²) in [7, 11) is 0. The molecule has 1 aromatic carbocycles. The van der Waals surface area contributed by atoms with E-state index in [1.807, 2.05) is 12.1 Å². The molecule has 20 heavy (non-hydrogen) atoms. The molecule has 0 unspecified atom stereocenters. The number of carbonyl (C=O) groups excluding carboxylic acids is 1. The fraction of sp³-hybridized carbons (Fsp3) is 0.562. The molecule has 3 rings (SSSR count). The lowest BCUT2D eigenvalue weighted by atomic mass is 9.81. The van der Waals surface area contributed by atoms with Gasteiger partial charge in [0.15, 0.2) is 5.78 Å². The second-order valence-corrected chi connectivity index (χ2v) is 5.74. The lowest BCUT2D eigenvalue weighted by Gasteiger charge is -2.28. The summed E-state index contributed by atoms with van der Waals surface area (Å²) in [6, 6.07) is 5.59. The minimum atomic E-state index is -2.59. The minimum absolute atomic E-state index is 0.0285. The highest BCUT2D eigenvalue weighted by atomic mass is 19.3. The molecule has 108 valence electrons. The van der Waals surface area contributed by atoms with Gasteiger partial charge in [-0.05, 0) is 37.3 Å². The quantitative estimate of drug-likeness (QED) is 0.765. The Hall–Kier alpha value is -1.45. The van der Waals surface area contributed by atoms with Crippen LogP contribution in [0.25, 0.3) is 0 Å². The molecule has 1 fully saturated rings. The molecule has 1 saturated carbocycles.